The Morgan fingerprint density at radius 3 is 2.19 bits per heavy atom. The number of hydrogen-bond acceptors (Lipinski definition) is 5. The molecule has 8 aromatic carbocycles. The molecule has 74 heavy (non-hydrogen) atoms. The van der Waals surface area contributed by atoms with Crippen LogP contribution in [-0.2, 0) is 18.3 Å². The van der Waals surface area contributed by atoms with Crippen LogP contribution in [-0.4, -0.2) is 9.97 Å². The zero-order valence-corrected chi connectivity index (χ0v) is 41.3. The highest BCUT2D eigenvalue weighted by atomic mass is 32.1. The zero-order chi connectivity index (χ0) is 48.5. The molecule has 5 heteroatoms. The second-order valence-electron chi connectivity index (χ2n) is 20.5. The van der Waals surface area contributed by atoms with E-state index >= 15 is 0 Å². The summed E-state index contributed by atoms with van der Waals surface area (Å²) in [4.78, 5) is 11.3. The van der Waals surface area contributed by atoms with Crippen molar-refractivity contribution >= 4 is 60.2 Å². The summed E-state index contributed by atoms with van der Waals surface area (Å²) in [6.45, 7) is 0. The van der Waals surface area contributed by atoms with Crippen molar-refractivity contribution in [2.24, 2.45) is 0 Å². The number of hydrogen-bond donors (Lipinski definition) is 0. The number of aryl methyl sites for hydroxylation is 1. The molecule has 11 aromatic rings. The van der Waals surface area contributed by atoms with E-state index in [0.717, 1.165) is 94.4 Å². The lowest BCUT2D eigenvalue weighted by Gasteiger charge is -2.39. The summed E-state index contributed by atoms with van der Waals surface area (Å²) in [5.74, 6) is 3.59. The van der Waals surface area contributed by atoms with Gasteiger partial charge in [0.2, 0.25) is 0 Å². The molecule has 4 aliphatic carbocycles. The average Bonchev–Trinajstić information content (AvgIpc) is 4.17. The van der Waals surface area contributed by atoms with Gasteiger partial charge in [-0.2, -0.15) is 0 Å². The number of thiophene rings is 1. The molecule has 1 spiro atoms. The first-order valence-corrected chi connectivity index (χ1v) is 26.8. The number of rotatable bonds is 5. The summed E-state index contributed by atoms with van der Waals surface area (Å²) < 4.78 is 16.0. The Labute approximate surface area is 433 Å². The van der Waals surface area contributed by atoms with Gasteiger partial charge in [0.05, 0.1) is 16.8 Å². The van der Waals surface area contributed by atoms with Gasteiger partial charge in [-0.25, -0.2) is 9.97 Å². The molecule has 1 unspecified atom stereocenters. The largest absolute Gasteiger partial charge is 0.457 e. The number of furan rings is 1. The van der Waals surface area contributed by atoms with Crippen LogP contribution in [0.3, 0.4) is 0 Å². The standard InChI is InChI=1S/C69H46N2O2S/c1-2-15-41(16-3-1)48-20-14-23-57-66(48)53-34-31-44(38-58(53)69(57)55-21-7-11-26-61(55)73-62-27-12-8-22-56(62)69)68-70-59-24-9-4-19-54(59)67(71-68)47-36-45(42-29-32-50-49-17-5-10-25-60(49)72-63(50)39-42)35-46(37-47)43-30-33-52-51-18-6-13-28-64(51)74-65(52)40-43/h1-3,5-18,20-28,30-31,33-34,36-40,46H,4,19,29,32,35H2. The lowest BCUT2D eigenvalue weighted by atomic mass is 9.66. The molecule has 350 valence electrons. The number of allylic oxidation sites excluding steroid dienone is 6. The zero-order valence-electron chi connectivity index (χ0n) is 40.4. The Kier molecular flexibility index (Phi) is 9.17. The molecule has 0 N–H and O–H groups in total. The highest BCUT2D eigenvalue weighted by Crippen LogP contribution is 2.64. The van der Waals surface area contributed by atoms with Crippen LogP contribution in [0.4, 0.5) is 0 Å². The average molecular weight is 967 g/mol. The predicted molar refractivity (Wildman–Crippen MR) is 303 cm³/mol. The first-order valence-electron chi connectivity index (χ1n) is 26.0. The van der Waals surface area contributed by atoms with Gasteiger partial charge < -0.3 is 9.15 Å². The number of fused-ring (bicyclic) bond motifs is 16. The fraction of sp³-hybridized carbons (Fsp3) is 0.101. The molecule has 4 heterocycles. The molecule has 16 rings (SSSR count). The molecule has 0 saturated carbocycles. The first kappa shape index (κ1) is 41.9. The van der Waals surface area contributed by atoms with E-state index in [0.29, 0.717) is 0 Å². The van der Waals surface area contributed by atoms with E-state index in [9.17, 15) is 0 Å². The van der Waals surface area contributed by atoms with Crippen molar-refractivity contribution < 1.29 is 9.15 Å². The summed E-state index contributed by atoms with van der Waals surface area (Å²) in [5.41, 5.74) is 20.6. The number of nitrogens with zero attached hydrogens (tertiary/aromatic N) is 2. The topological polar surface area (TPSA) is 48.2 Å². The van der Waals surface area contributed by atoms with E-state index in [2.05, 4.69) is 212 Å². The van der Waals surface area contributed by atoms with Crippen molar-refractivity contribution in [2.75, 3.05) is 0 Å². The number of para-hydroxylation sites is 3. The Morgan fingerprint density at radius 1 is 0.541 bits per heavy atom. The molecule has 1 atom stereocenters. The second-order valence-corrected chi connectivity index (χ2v) is 21.5. The highest BCUT2D eigenvalue weighted by Gasteiger charge is 2.52. The third-order valence-corrected chi connectivity index (χ3v) is 17.7. The van der Waals surface area contributed by atoms with Crippen molar-refractivity contribution in [1.82, 2.24) is 9.97 Å². The molecule has 0 bridgehead atoms. The minimum atomic E-state index is -0.659. The molecule has 0 saturated heterocycles. The van der Waals surface area contributed by atoms with Gasteiger partial charge in [0, 0.05) is 59.3 Å². The molecule has 0 fully saturated rings. The third kappa shape index (κ3) is 6.20. The quantitative estimate of drug-likeness (QED) is 0.172. The van der Waals surface area contributed by atoms with Crippen molar-refractivity contribution in [3.05, 3.63) is 267 Å². The number of aromatic nitrogens is 2. The Balaban J connectivity index is 0.900. The minimum Gasteiger partial charge on any atom is -0.457 e. The van der Waals surface area contributed by atoms with Crippen LogP contribution in [0.5, 0.6) is 11.5 Å². The maximum absolute atomic E-state index is 6.78. The molecule has 3 aromatic heterocycles. The smallest absolute Gasteiger partial charge is 0.160 e. The molecular formula is C69H46N2O2S. The maximum Gasteiger partial charge on any atom is 0.160 e. The van der Waals surface area contributed by atoms with Crippen LogP contribution in [0.1, 0.15) is 81.3 Å². The fourth-order valence-electron chi connectivity index (χ4n) is 13.2. The molecule has 1 aliphatic heterocycles. The first-order chi connectivity index (χ1) is 36.6. The monoisotopic (exact) mass is 966 g/mol. The van der Waals surface area contributed by atoms with Crippen LogP contribution in [0.25, 0.3) is 82.5 Å². The van der Waals surface area contributed by atoms with Crippen LogP contribution in [0, 0.1) is 0 Å². The van der Waals surface area contributed by atoms with Gasteiger partial charge in [-0.15, -0.1) is 11.3 Å². The second kappa shape index (κ2) is 16.2. The molecular weight excluding hydrogens is 921 g/mol. The molecule has 4 nitrogen and oxygen atoms in total. The van der Waals surface area contributed by atoms with E-state index in [1.54, 1.807) is 0 Å². The maximum atomic E-state index is 6.78. The van der Waals surface area contributed by atoms with Gasteiger partial charge in [0.25, 0.3) is 0 Å². The van der Waals surface area contributed by atoms with Crippen LogP contribution < -0.4 is 4.74 Å². The van der Waals surface area contributed by atoms with Gasteiger partial charge in [-0.05, 0) is 142 Å². The van der Waals surface area contributed by atoms with Gasteiger partial charge in [-0.3, -0.25) is 0 Å². The van der Waals surface area contributed by atoms with Gasteiger partial charge >= 0.3 is 0 Å². The lowest BCUT2D eigenvalue weighted by Crippen LogP contribution is -2.32. The van der Waals surface area contributed by atoms with Gasteiger partial charge in [-0.1, -0.05) is 158 Å². The van der Waals surface area contributed by atoms with Crippen LogP contribution >= 0.6 is 11.3 Å². The minimum absolute atomic E-state index is 0.136. The van der Waals surface area contributed by atoms with Crippen LogP contribution in [0.15, 0.2) is 216 Å². The Bertz CT molecular complexity index is 4290. The molecule has 0 radical (unpaired) electrons. The Hall–Kier alpha value is -8.64. The summed E-state index contributed by atoms with van der Waals surface area (Å²) in [5, 5.41) is 3.87. The van der Waals surface area contributed by atoms with Gasteiger partial charge in [0.15, 0.2) is 5.82 Å². The van der Waals surface area contributed by atoms with Crippen molar-refractivity contribution in [1.29, 1.82) is 0 Å². The van der Waals surface area contributed by atoms with Crippen molar-refractivity contribution in [3.63, 3.8) is 0 Å². The normalized spacial score (nSPS) is 16.6. The summed E-state index contributed by atoms with van der Waals surface area (Å²) in [6.07, 6.45) is 16.4. The summed E-state index contributed by atoms with van der Waals surface area (Å²) in [7, 11) is 0. The van der Waals surface area contributed by atoms with Gasteiger partial charge in [0.1, 0.15) is 22.8 Å². The fourth-order valence-corrected chi connectivity index (χ4v) is 14.4. The third-order valence-electron chi connectivity index (χ3n) is 16.5. The van der Waals surface area contributed by atoms with E-state index in [-0.39, 0.29) is 5.92 Å². The predicted octanol–water partition coefficient (Wildman–Crippen LogP) is 17.9. The lowest BCUT2D eigenvalue weighted by molar-refractivity contribution is 0.436. The summed E-state index contributed by atoms with van der Waals surface area (Å²) in [6, 6.07) is 66.3. The van der Waals surface area contributed by atoms with E-state index in [1.807, 2.05) is 11.3 Å². The molecule has 5 aliphatic rings. The van der Waals surface area contributed by atoms with E-state index in [4.69, 9.17) is 19.1 Å². The van der Waals surface area contributed by atoms with Crippen molar-refractivity contribution in [3.8, 4) is 45.1 Å². The van der Waals surface area contributed by atoms with E-state index < -0.39 is 5.41 Å². The van der Waals surface area contributed by atoms with E-state index in [1.165, 1.54) is 86.8 Å². The Morgan fingerprint density at radius 2 is 1.31 bits per heavy atom. The van der Waals surface area contributed by atoms with Crippen LogP contribution in [0.2, 0.25) is 0 Å². The SMILES string of the molecule is C1=Cc2nc(-c3ccc4c(c3)C3(c5ccccc5Oc5ccccc53)c3cccc(-c5ccccc5)c3-4)nc(C3=CC(c4ccc5c(c4)sc4ccccc45)CC(C4=Cc5oc6ccccc6c5CC4)=C3)c2CC1. The highest BCUT2D eigenvalue weighted by molar-refractivity contribution is 7.25. The van der Waals surface area contributed by atoms with Crippen molar-refractivity contribution in [2.45, 2.75) is 43.4 Å². The molecule has 0 amide bonds. The number of benzene rings is 8. The summed E-state index contributed by atoms with van der Waals surface area (Å²) >= 11 is 1.89. The number of ether oxygens (including phenoxy) is 1.